The van der Waals surface area contributed by atoms with E-state index in [1.807, 2.05) is 6.92 Å². The monoisotopic (exact) mass is 216 g/mol. The lowest BCUT2D eigenvalue weighted by molar-refractivity contribution is -0.122. The highest BCUT2D eigenvalue weighted by Crippen LogP contribution is 2.02. The van der Waals surface area contributed by atoms with E-state index in [2.05, 4.69) is 19.2 Å². The summed E-state index contributed by atoms with van der Waals surface area (Å²) >= 11 is 0. The highest BCUT2D eigenvalue weighted by molar-refractivity contribution is 5.81. The molecule has 0 radical (unpaired) electrons. The van der Waals surface area contributed by atoms with Gasteiger partial charge in [0.25, 0.3) is 0 Å². The lowest BCUT2D eigenvalue weighted by atomic mass is 10.0. The molecular formula is C11H24N2O2. The molecule has 0 saturated heterocycles. The van der Waals surface area contributed by atoms with E-state index in [1.165, 1.54) is 0 Å². The summed E-state index contributed by atoms with van der Waals surface area (Å²) in [6.45, 7) is 8.13. The average Bonchev–Trinajstić information content (AvgIpc) is 2.16. The molecule has 0 aliphatic rings. The molecular weight excluding hydrogens is 192 g/mol. The van der Waals surface area contributed by atoms with Gasteiger partial charge in [0.15, 0.2) is 0 Å². The normalized spacial score (nSPS) is 12.9. The van der Waals surface area contributed by atoms with Crippen molar-refractivity contribution in [3.05, 3.63) is 0 Å². The van der Waals surface area contributed by atoms with E-state index in [1.54, 1.807) is 0 Å². The van der Waals surface area contributed by atoms with E-state index >= 15 is 0 Å². The Kier molecular flexibility index (Phi) is 8.33. The summed E-state index contributed by atoms with van der Waals surface area (Å²) in [6.07, 6.45) is 1.57. The van der Waals surface area contributed by atoms with Crippen LogP contribution in [0, 0.1) is 5.92 Å². The molecule has 0 bridgehead atoms. The van der Waals surface area contributed by atoms with Crippen molar-refractivity contribution in [1.82, 2.24) is 5.32 Å². The van der Waals surface area contributed by atoms with Crippen LogP contribution in [0.3, 0.4) is 0 Å². The Balaban J connectivity index is 3.47. The van der Waals surface area contributed by atoms with Crippen LogP contribution in [-0.4, -0.2) is 31.7 Å². The summed E-state index contributed by atoms with van der Waals surface area (Å²) in [7, 11) is 0. The Hall–Kier alpha value is -0.610. The molecule has 0 fully saturated rings. The molecule has 0 aliphatic heterocycles. The molecule has 1 atom stereocenters. The van der Waals surface area contributed by atoms with Gasteiger partial charge in [-0.3, -0.25) is 4.79 Å². The van der Waals surface area contributed by atoms with E-state index in [0.29, 0.717) is 19.1 Å². The minimum atomic E-state index is -0.378. The van der Waals surface area contributed by atoms with Crippen LogP contribution < -0.4 is 11.1 Å². The third kappa shape index (κ3) is 8.39. The van der Waals surface area contributed by atoms with E-state index in [0.717, 1.165) is 19.4 Å². The van der Waals surface area contributed by atoms with Gasteiger partial charge >= 0.3 is 0 Å². The molecule has 0 aliphatic carbocycles. The maximum atomic E-state index is 11.4. The SMILES string of the molecule is CCOCCCNC(=O)C(N)CC(C)C. The smallest absolute Gasteiger partial charge is 0.236 e. The number of nitrogens with one attached hydrogen (secondary N) is 1. The molecule has 0 aromatic rings. The Labute approximate surface area is 92.6 Å². The first-order valence-corrected chi connectivity index (χ1v) is 5.69. The van der Waals surface area contributed by atoms with Crippen LogP contribution in [0.2, 0.25) is 0 Å². The number of hydrogen-bond donors (Lipinski definition) is 2. The van der Waals surface area contributed by atoms with E-state index < -0.39 is 0 Å². The zero-order chi connectivity index (χ0) is 11.7. The molecule has 0 heterocycles. The predicted octanol–water partition coefficient (Wildman–Crippen LogP) is 0.903. The second-order valence-corrected chi connectivity index (χ2v) is 4.08. The van der Waals surface area contributed by atoms with Gasteiger partial charge in [-0.2, -0.15) is 0 Å². The van der Waals surface area contributed by atoms with Gasteiger partial charge < -0.3 is 15.8 Å². The molecule has 1 unspecified atom stereocenters. The maximum absolute atomic E-state index is 11.4. The van der Waals surface area contributed by atoms with Crippen molar-refractivity contribution >= 4 is 5.91 Å². The lowest BCUT2D eigenvalue weighted by Gasteiger charge is -2.13. The first-order chi connectivity index (χ1) is 7.07. The van der Waals surface area contributed by atoms with Crippen molar-refractivity contribution in [2.45, 2.75) is 39.7 Å². The number of nitrogens with two attached hydrogens (primary N) is 1. The largest absolute Gasteiger partial charge is 0.382 e. The van der Waals surface area contributed by atoms with Crippen molar-refractivity contribution in [3.8, 4) is 0 Å². The highest BCUT2D eigenvalue weighted by Gasteiger charge is 2.13. The van der Waals surface area contributed by atoms with Gasteiger partial charge in [-0.05, 0) is 25.7 Å². The van der Waals surface area contributed by atoms with Crippen LogP contribution in [0.15, 0.2) is 0 Å². The van der Waals surface area contributed by atoms with Crippen LogP contribution in [-0.2, 0) is 9.53 Å². The van der Waals surface area contributed by atoms with Crippen LogP contribution >= 0.6 is 0 Å². The molecule has 3 N–H and O–H groups in total. The van der Waals surface area contributed by atoms with Crippen molar-refractivity contribution in [2.24, 2.45) is 11.7 Å². The Morgan fingerprint density at radius 1 is 1.47 bits per heavy atom. The molecule has 15 heavy (non-hydrogen) atoms. The van der Waals surface area contributed by atoms with Gasteiger partial charge in [0.2, 0.25) is 5.91 Å². The first-order valence-electron chi connectivity index (χ1n) is 5.69. The van der Waals surface area contributed by atoms with Gasteiger partial charge in [0.05, 0.1) is 6.04 Å². The number of carbonyl (C=O) groups excluding carboxylic acids is 1. The van der Waals surface area contributed by atoms with Gasteiger partial charge in [0.1, 0.15) is 0 Å². The van der Waals surface area contributed by atoms with Crippen molar-refractivity contribution in [1.29, 1.82) is 0 Å². The van der Waals surface area contributed by atoms with Gasteiger partial charge in [-0.15, -0.1) is 0 Å². The van der Waals surface area contributed by atoms with Gasteiger partial charge in [-0.25, -0.2) is 0 Å². The highest BCUT2D eigenvalue weighted by atomic mass is 16.5. The predicted molar refractivity (Wildman–Crippen MR) is 61.6 cm³/mol. The fourth-order valence-electron chi connectivity index (χ4n) is 1.28. The fourth-order valence-corrected chi connectivity index (χ4v) is 1.28. The average molecular weight is 216 g/mol. The number of rotatable bonds is 8. The Bertz CT molecular complexity index is 172. The van der Waals surface area contributed by atoms with Crippen LogP contribution in [0.5, 0.6) is 0 Å². The molecule has 90 valence electrons. The maximum Gasteiger partial charge on any atom is 0.236 e. The zero-order valence-corrected chi connectivity index (χ0v) is 10.1. The topological polar surface area (TPSA) is 64.3 Å². The minimum Gasteiger partial charge on any atom is -0.382 e. The van der Waals surface area contributed by atoms with Crippen molar-refractivity contribution < 1.29 is 9.53 Å². The van der Waals surface area contributed by atoms with Crippen molar-refractivity contribution in [2.75, 3.05) is 19.8 Å². The number of carbonyl (C=O) groups is 1. The van der Waals surface area contributed by atoms with Gasteiger partial charge in [0, 0.05) is 19.8 Å². The fraction of sp³-hybridized carbons (Fsp3) is 0.909. The van der Waals surface area contributed by atoms with E-state index in [-0.39, 0.29) is 11.9 Å². The van der Waals surface area contributed by atoms with Gasteiger partial charge in [-0.1, -0.05) is 13.8 Å². The molecule has 0 aromatic heterocycles. The molecule has 4 heteroatoms. The Morgan fingerprint density at radius 3 is 2.67 bits per heavy atom. The summed E-state index contributed by atoms with van der Waals surface area (Å²) in [5.41, 5.74) is 5.72. The molecule has 1 amide bonds. The van der Waals surface area contributed by atoms with Crippen LogP contribution in [0.1, 0.15) is 33.6 Å². The lowest BCUT2D eigenvalue weighted by Crippen LogP contribution is -2.41. The molecule has 0 saturated carbocycles. The quantitative estimate of drug-likeness (QED) is 0.593. The number of hydrogen-bond acceptors (Lipinski definition) is 3. The summed E-state index contributed by atoms with van der Waals surface area (Å²) in [4.78, 5) is 11.4. The first kappa shape index (κ1) is 14.4. The summed E-state index contributed by atoms with van der Waals surface area (Å²) in [6, 6.07) is -0.378. The second-order valence-electron chi connectivity index (χ2n) is 4.08. The summed E-state index contributed by atoms with van der Waals surface area (Å²) in [5.74, 6) is 0.398. The standard InChI is InChI=1S/C11H24N2O2/c1-4-15-7-5-6-13-11(14)10(12)8-9(2)3/h9-10H,4-8,12H2,1-3H3,(H,13,14). The van der Waals surface area contributed by atoms with E-state index in [4.69, 9.17) is 10.5 Å². The van der Waals surface area contributed by atoms with Crippen molar-refractivity contribution in [3.63, 3.8) is 0 Å². The minimum absolute atomic E-state index is 0.0554. The summed E-state index contributed by atoms with van der Waals surface area (Å²) in [5, 5.41) is 2.80. The molecule has 0 aromatic carbocycles. The second kappa shape index (κ2) is 8.68. The molecule has 4 nitrogen and oxygen atoms in total. The Morgan fingerprint density at radius 2 is 2.13 bits per heavy atom. The zero-order valence-electron chi connectivity index (χ0n) is 10.1. The molecule has 0 spiro atoms. The van der Waals surface area contributed by atoms with E-state index in [9.17, 15) is 4.79 Å². The van der Waals surface area contributed by atoms with Crippen LogP contribution in [0.4, 0.5) is 0 Å². The number of ether oxygens (including phenoxy) is 1. The van der Waals surface area contributed by atoms with Crippen LogP contribution in [0.25, 0.3) is 0 Å². The summed E-state index contributed by atoms with van der Waals surface area (Å²) < 4.78 is 5.16. The number of amides is 1. The third-order valence-electron chi connectivity index (χ3n) is 2.03. The molecule has 0 rings (SSSR count). The third-order valence-corrected chi connectivity index (χ3v) is 2.03.